The van der Waals surface area contributed by atoms with Crippen LogP contribution in [0.2, 0.25) is 5.02 Å². The first kappa shape index (κ1) is 18.4. The SMILES string of the molecule is Cc1ccc(C(=O)N(CC2CCCO2)c2nc3c(C)c(Cl)ccc3s2)cc1. The number of hydrogen-bond donors (Lipinski definition) is 0. The molecule has 1 aliphatic rings. The van der Waals surface area contributed by atoms with Crippen molar-refractivity contribution in [2.45, 2.75) is 32.8 Å². The van der Waals surface area contributed by atoms with Crippen LogP contribution in [0.5, 0.6) is 0 Å². The van der Waals surface area contributed by atoms with Crippen LogP contribution in [-0.2, 0) is 4.74 Å². The third-order valence-electron chi connectivity index (χ3n) is 4.92. The zero-order valence-corrected chi connectivity index (χ0v) is 16.9. The molecule has 3 aromatic rings. The van der Waals surface area contributed by atoms with Crippen LogP contribution in [0.4, 0.5) is 5.13 Å². The number of fused-ring (bicyclic) bond motifs is 1. The lowest BCUT2D eigenvalue weighted by Crippen LogP contribution is -2.37. The lowest BCUT2D eigenvalue weighted by atomic mass is 10.1. The van der Waals surface area contributed by atoms with Crippen molar-refractivity contribution >= 4 is 44.2 Å². The highest BCUT2D eigenvalue weighted by atomic mass is 35.5. The van der Waals surface area contributed by atoms with Gasteiger partial charge in [0.25, 0.3) is 5.91 Å². The molecule has 2 aromatic carbocycles. The molecule has 4 rings (SSSR count). The van der Waals surface area contributed by atoms with Gasteiger partial charge in [0.1, 0.15) is 0 Å². The van der Waals surface area contributed by atoms with Crippen LogP contribution < -0.4 is 4.90 Å². The molecule has 6 heteroatoms. The lowest BCUT2D eigenvalue weighted by molar-refractivity contribution is 0.0917. The van der Waals surface area contributed by atoms with Gasteiger partial charge in [0.05, 0.1) is 22.9 Å². The second-order valence-corrected chi connectivity index (χ2v) is 8.35. The molecule has 0 saturated carbocycles. The van der Waals surface area contributed by atoms with Gasteiger partial charge in [0, 0.05) is 17.2 Å². The summed E-state index contributed by atoms with van der Waals surface area (Å²) in [5, 5.41) is 1.38. The Morgan fingerprint density at radius 2 is 2.04 bits per heavy atom. The Morgan fingerprint density at radius 1 is 1.26 bits per heavy atom. The fourth-order valence-electron chi connectivity index (χ4n) is 3.30. The first-order chi connectivity index (χ1) is 13.0. The van der Waals surface area contributed by atoms with Gasteiger partial charge in [-0.2, -0.15) is 0 Å². The number of benzene rings is 2. The van der Waals surface area contributed by atoms with Gasteiger partial charge in [0.15, 0.2) is 5.13 Å². The maximum atomic E-state index is 13.3. The van der Waals surface area contributed by atoms with Gasteiger partial charge < -0.3 is 4.74 Å². The number of aryl methyl sites for hydroxylation is 2. The molecule has 0 N–H and O–H groups in total. The summed E-state index contributed by atoms with van der Waals surface area (Å²) in [7, 11) is 0. The van der Waals surface area contributed by atoms with E-state index in [4.69, 9.17) is 21.3 Å². The molecule has 0 radical (unpaired) electrons. The van der Waals surface area contributed by atoms with E-state index >= 15 is 0 Å². The van der Waals surface area contributed by atoms with E-state index in [2.05, 4.69) is 0 Å². The van der Waals surface area contributed by atoms with Crippen molar-refractivity contribution in [3.05, 3.63) is 58.1 Å². The van der Waals surface area contributed by atoms with Crippen molar-refractivity contribution < 1.29 is 9.53 Å². The molecule has 0 spiro atoms. The molecular formula is C21H21ClN2O2S. The Hall–Kier alpha value is -1.95. The minimum Gasteiger partial charge on any atom is -0.376 e. The number of hydrogen-bond acceptors (Lipinski definition) is 4. The zero-order chi connectivity index (χ0) is 19.0. The third-order valence-corrected chi connectivity index (χ3v) is 6.37. The molecule has 1 atom stereocenters. The van der Waals surface area contributed by atoms with Gasteiger partial charge in [-0.1, -0.05) is 40.6 Å². The number of anilines is 1. The Balaban J connectivity index is 1.74. The average Bonchev–Trinajstić information content (AvgIpc) is 3.33. The fraction of sp³-hybridized carbons (Fsp3) is 0.333. The molecule has 0 aliphatic carbocycles. The number of rotatable bonds is 4. The van der Waals surface area contributed by atoms with E-state index in [0.717, 1.165) is 40.8 Å². The van der Waals surface area contributed by atoms with Gasteiger partial charge in [-0.3, -0.25) is 9.69 Å². The van der Waals surface area contributed by atoms with Gasteiger partial charge in [-0.15, -0.1) is 0 Å². The van der Waals surface area contributed by atoms with Crippen LogP contribution in [-0.4, -0.2) is 30.1 Å². The predicted octanol–water partition coefficient (Wildman–Crippen LogP) is 5.39. The number of halogens is 1. The Bertz CT molecular complexity index is 978. The average molecular weight is 401 g/mol. The first-order valence-electron chi connectivity index (χ1n) is 9.08. The smallest absolute Gasteiger partial charge is 0.260 e. The minimum atomic E-state index is -0.0479. The first-order valence-corrected chi connectivity index (χ1v) is 10.3. The molecule has 2 heterocycles. The molecule has 1 unspecified atom stereocenters. The number of thiazole rings is 1. The van der Waals surface area contributed by atoms with E-state index in [1.807, 2.05) is 50.2 Å². The Morgan fingerprint density at radius 3 is 2.74 bits per heavy atom. The van der Waals surface area contributed by atoms with E-state index < -0.39 is 0 Å². The summed E-state index contributed by atoms with van der Waals surface area (Å²) in [6.07, 6.45) is 2.05. The van der Waals surface area contributed by atoms with Gasteiger partial charge in [-0.25, -0.2) is 4.98 Å². The molecule has 1 aromatic heterocycles. The highest BCUT2D eigenvalue weighted by Gasteiger charge is 2.27. The number of aromatic nitrogens is 1. The lowest BCUT2D eigenvalue weighted by Gasteiger charge is -2.23. The molecule has 27 heavy (non-hydrogen) atoms. The van der Waals surface area contributed by atoms with Crippen molar-refractivity contribution in [2.24, 2.45) is 0 Å². The van der Waals surface area contributed by atoms with Crippen LogP contribution in [0.15, 0.2) is 36.4 Å². The van der Waals surface area contributed by atoms with E-state index in [1.165, 1.54) is 11.3 Å². The number of nitrogens with zero attached hydrogens (tertiary/aromatic N) is 2. The largest absolute Gasteiger partial charge is 0.376 e. The number of carbonyl (C=O) groups is 1. The van der Waals surface area contributed by atoms with E-state index in [1.54, 1.807) is 4.90 Å². The van der Waals surface area contributed by atoms with Crippen LogP contribution in [0.1, 0.15) is 34.3 Å². The summed E-state index contributed by atoms with van der Waals surface area (Å²) in [6, 6.07) is 11.5. The molecule has 1 saturated heterocycles. The minimum absolute atomic E-state index is 0.0479. The number of amides is 1. The highest BCUT2D eigenvalue weighted by molar-refractivity contribution is 7.22. The zero-order valence-electron chi connectivity index (χ0n) is 15.4. The van der Waals surface area contributed by atoms with Crippen molar-refractivity contribution in [1.29, 1.82) is 0 Å². The molecule has 1 amide bonds. The summed E-state index contributed by atoms with van der Waals surface area (Å²) in [4.78, 5) is 19.8. The second kappa shape index (κ2) is 7.58. The van der Waals surface area contributed by atoms with Gasteiger partial charge >= 0.3 is 0 Å². The summed E-state index contributed by atoms with van der Waals surface area (Å²) in [5.41, 5.74) is 3.59. The van der Waals surface area contributed by atoms with E-state index in [-0.39, 0.29) is 12.0 Å². The summed E-state index contributed by atoms with van der Waals surface area (Å²) in [6.45, 7) is 5.24. The van der Waals surface area contributed by atoms with E-state index in [9.17, 15) is 4.79 Å². The van der Waals surface area contributed by atoms with Crippen molar-refractivity contribution in [1.82, 2.24) is 4.98 Å². The molecule has 1 fully saturated rings. The molecule has 140 valence electrons. The van der Waals surface area contributed by atoms with Gasteiger partial charge in [0.2, 0.25) is 0 Å². The maximum Gasteiger partial charge on any atom is 0.260 e. The van der Waals surface area contributed by atoms with Crippen molar-refractivity contribution in [2.75, 3.05) is 18.1 Å². The Labute approximate surface area is 167 Å². The number of carbonyl (C=O) groups excluding carboxylic acids is 1. The summed E-state index contributed by atoms with van der Waals surface area (Å²) >= 11 is 7.77. The Kier molecular flexibility index (Phi) is 5.17. The summed E-state index contributed by atoms with van der Waals surface area (Å²) in [5.74, 6) is -0.0479. The van der Waals surface area contributed by atoms with Crippen LogP contribution in [0, 0.1) is 13.8 Å². The topological polar surface area (TPSA) is 42.4 Å². The fourth-order valence-corrected chi connectivity index (χ4v) is 4.48. The quantitative estimate of drug-likeness (QED) is 0.589. The molecule has 1 aliphatic heterocycles. The summed E-state index contributed by atoms with van der Waals surface area (Å²) < 4.78 is 6.82. The highest BCUT2D eigenvalue weighted by Crippen LogP contribution is 2.34. The second-order valence-electron chi connectivity index (χ2n) is 6.93. The predicted molar refractivity (Wildman–Crippen MR) is 111 cm³/mol. The van der Waals surface area contributed by atoms with E-state index in [0.29, 0.717) is 22.3 Å². The van der Waals surface area contributed by atoms with Crippen LogP contribution in [0.25, 0.3) is 10.2 Å². The molecule has 4 nitrogen and oxygen atoms in total. The normalized spacial score (nSPS) is 16.8. The molecule has 0 bridgehead atoms. The maximum absolute atomic E-state index is 13.3. The number of ether oxygens (including phenoxy) is 1. The van der Waals surface area contributed by atoms with Crippen LogP contribution in [0.3, 0.4) is 0 Å². The molecular weight excluding hydrogens is 380 g/mol. The van der Waals surface area contributed by atoms with Crippen molar-refractivity contribution in [3.8, 4) is 0 Å². The third kappa shape index (κ3) is 3.72. The monoisotopic (exact) mass is 400 g/mol. The standard InChI is InChI=1S/C21H21ClN2O2S/c1-13-5-7-15(8-6-13)20(25)24(12-16-4-3-11-26-16)21-23-19-14(2)17(22)9-10-18(19)27-21/h5-10,16H,3-4,11-12H2,1-2H3. The van der Waals surface area contributed by atoms with Crippen molar-refractivity contribution in [3.63, 3.8) is 0 Å². The van der Waals surface area contributed by atoms with Gasteiger partial charge in [-0.05, 0) is 56.5 Å². The van der Waals surface area contributed by atoms with Crippen LogP contribution >= 0.6 is 22.9 Å².